The highest BCUT2D eigenvalue weighted by Crippen LogP contribution is 2.22. The first-order valence-corrected chi connectivity index (χ1v) is 11.3. The van der Waals surface area contributed by atoms with Crippen LogP contribution < -0.4 is 9.73 Å². The van der Waals surface area contributed by atoms with Gasteiger partial charge in [-0.1, -0.05) is 46.3 Å². The molecule has 30 heavy (non-hydrogen) atoms. The number of sulfonamides is 1. The highest BCUT2D eigenvalue weighted by molar-refractivity contribution is 9.10. The minimum absolute atomic E-state index is 0.201. The average molecular weight is 486 g/mol. The number of anilines is 1. The molecule has 3 aromatic rings. The van der Waals surface area contributed by atoms with Crippen LogP contribution in [0.15, 0.2) is 93.3 Å². The summed E-state index contributed by atoms with van der Waals surface area (Å²) in [5.41, 5.74) is 4.89. The summed E-state index contributed by atoms with van der Waals surface area (Å²) in [7, 11) is -2.20. The summed E-state index contributed by atoms with van der Waals surface area (Å²) in [5.74, 6) is -0.385. The zero-order valence-electron chi connectivity index (χ0n) is 16.4. The first-order valence-electron chi connectivity index (χ1n) is 9.03. The Labute approximate surface area is 184 Å². The first kappa shape index (κ1) is 21.7. The van der Waals surface area contributed by atoms with Gasteiger partial charge in [-0.2, -0.15) is 5.10 Å². The van der Waals surface area contributed by atoms with Crippen LogP contribution in [-0.4, -0.2) is 27.1 Å². The Morgan fingerprint density at radius 3 is 2.23 bits per heavy atom. The van der Waals surface area contributed by atoms with Gasteiger partial charge in [0.15, 0.2) is 0 Å². The molecule has 0 spiro atoms. The van der Waals surface area contributed by atoms with Gasteiger partial charge >= 0.3 is 0 Å². The molecule has 0 saturated heterocycles. The van der Waals surface area contributed by atoms with Crippen LogP contribution in [0.3, 0.4) is 0 Å². The zero-order chi connectivity index (χ0) is 21.7. The van der Waals surface area contributed by atoms with Crippen LogP contribution in [-0.2, 0) is 10.0 Å². The topological polar surface area (TPSA) is 78.8 Å². The average Bonchev–Trinajstić information content (AvgIpc) is 2.77. The highest BCUT2D eigenvalue weighted by atomic mass is 79.9. The predicted octanol–water partition coefficient (Wildman–Crippen LogP) is 4.43. The van der Waals surface area contributed by atoms with Crippen LogP contribution in [0.1, 0.15) is 22.8 Å². The van der Waals surface area contributed by atoms with Crippen LogP contribution in [0.4, 0.5) is 5.69 Å². The van der Waals surface area contributed by atoms with Gasteiger partial charge in [-0.15, -0.1) is 0 Å². The maximum atomic E-state index is 12.7. The molecule has 0 aliphatic rings. The van der Waals surface area contributed by atoms with Crippen LogP contribution in [0, 0.1) is 0 Å². The molecule has 0 aliphatic heterocycles. The molecule has 0 radical (unpaired) electrons. The fourth-order valence-electron chi connectivity index (χ4n) is 2.69. The SMILES string of the molecule is C/C(=N\NC(=O)c1ccc(N(C)S(=O)(=O)c2ccccc2)cc1)c1cccc(Br)c1. The van der Waals surface area contributed by atoms with Crippen LogP contribution in [0.2, 0.25) is 0 Å². The van der Waals surface area contributed by atoms with E-state index in [1.165, 1.54) is 11.4 Å². The number of benzene rings is 3. The Morgan fingerprint density at radius 2 is 1.60 bits per heavy atom. The van der Waals surface area contributed by atoms with Gasteiger partial charge in [0.1, 0.15) is 0 Å². The Morgan fingerprint density at radius 1 is 0.933 bits per heavy atom. The summed E-state index contributed by atoms with van der Waals surface area (Å²) in [6.07, 6.45) is 0. The molecule has 0 aromatic heterocycles. The molecule has 0 fully saturated rings. The van der Waals surface area contributed by atoms with E-state index in [-0.39, 0.29) is 10.8 Å². The van der Waals surface area contributed by atoms with Gasteiger partial charge in [0, 0.05) is 17.1 Å². The molecular weight excluding hydrogens is 466 g/mol. The number of carbonyl (C=O) groups is 1. The third kappa shape index (κ3) is 4.95. The molecule has 0 aliphatic carbocycles. The van der Waals surface area contributed by atoms with Crippen molar-refractivity contribution in [3.8, 4) is 0 Å². The molecule has 154 valence electrons. The maximum Gasteiger partial charge on any atom is 0.271 e. The van der Waals surface area contributed by atoms with Crippen LogP contribution in [0.25, 0.3) is 0 Å². The van der Waals surface area contributed by atoms with Crippen molar-refractivity contribution in [3.05, 3.63) is 94.5 Å². The van der Waals surface area contributed by atoms with E-state index in [0.717, 1.165) is 10.0 Å². The minimum atomic E-state index is -3.67. The fourth-order valence-corrected chi connectivity index (χ4v) is 4.31. The number of nitrogens with zero attached hydrogens (tertiary/aromatic N) is 2. The van der Waals surface area contributed by atoms with E-state index in [4.69, 9.17) is 0 Å². The smallest absolute Gasteiger partial charge is 0.269 e. The van der Waals surface area contributed by atoms with Gasteiger partial charge in [-0.05, 0) is 61.0 Å². The molecule has 1 amide bonds. The number of hydrogen-bond donors (Lipinski definition) is 1. The van der Waals surface area contributed by atoms with Crippen molar-refractivity contribution < 1.29 is 13.2 Å². The number of halogens is 1. The van der Waals surface area contributed by atoms with E-state index >= 15 is 0 Å². The molecule has 3 aromatic carbocycles. The number of nitrogens with one attached hydrogen (secondary N) is 1. The van der Waals surface area contributed by atoms with Crippen molar-refractivity contribution in [3.63, 3.8) is 0 Å². The summed E-state index contributed by atoms with van der Waals surface area (Å²) >= 11 is 3.41. The van der Waals surface area contributed by atoms with E-state index in [1.54, 1.807) is 61.5 Å². The molecule has 3 rings (SSSR count). The summed E-state index contributed by atoms with van der Waals surface area (Å²) in [6.45, 7) is 1.80. The Kier molecular flexibility index (Phi) is 6.69. The molecule has 0 saturated carbocycles. The molecule has 0 unspecified atom stereocenters. The third-order valence-electron chi connectivity index (χ3n) is 4.46. The van der Waals surface area contributed by atoms with Crippen LogP contribution >= 0.6 is 15.9 Å². The second-order valence-corrected chi connectivity index (χ2v) is 9.37. The third-order valence-corrected chi connectivity index (χ3v) is 6.76. The summed E-state index contributed by atoms with van der Waals surface area (Å²) in [6, 6.07) is 22.1. The van der Waals surface area contributed by atoms with Crippen molar-refractivity contribution >= 4 is 43.3 Å². The lowest BCUT2D eigenvalue weighted by molar-refractivity contribution is 0.0955. The van der Waals surface area contributed by atoms with E-state index in [1.807, 2.05) is 24.3 Å². The molecule has 1 N–H and O–H groups in total. The normalized spacial score (nSPS) is 11.8. The quantitative estimate of drug-likeness (QED) is 0.414. The van der Waals surface area contributed by atoms with Gasteiger partial charge in [-0.25, -0.2) is 13.8 Å². The second-order valence-electron chi connectivity index (χ2n) is 6.48. The van der Waals surface area contributed by atoms with Gasteiger partial charge in [0.05, 0.1) is 16.3 Å². The number of hydrogen-bond acceptors (Lipinski definition) is 4. The lowest BCUT2D eigenvalue weighted by Crippen LogP contribution is -2.26. The van der Waals surface area contributed by atoms with Crippen LogP contribution in [0.5, 0.6) is 0 Å². The number of carbonyl (C=O) groups excluding carboxylic acids is 1. The van der Waals surface area contributed by atoms with Gasteiger partial charge in [0.25, 0.3) is 15.9 Å². The van der Waals surface area contributed by atoms with Crippen molar-refractivity contribution in [2.45, 2.75) is 11.8 Å². The fraction of sp³-hybridized carbons (Fsp3) is 0.0909. The molecule has 6 nitrogen and oxygen atoms in total. The predicted molar refractivity (Wildman–Crippen MR) is 122 cm³/mol. The van der Waals surface area contributed by atoms with Crippen molar-refractivity contribution in [1.29, 1.82) is 0 Å². The Balaban J connectivity index is 1.72. The molecule has 0 atom stereocenters. The van der Waals surface area contributed by atoms with E-state index in [0.29, 0.717) is 17.0 Å². The van der Waals surface area contributed by atoms with E-state index in [9.17, 15) is 13.2 Å². The van der Waals surface area contributed by atoms with E-state index < -0.39 is 10.0 Å². The summed E-state index contributed by atoms with van der Waals surface area (Å²) in [5, 5.41) is 4.14. The van der Waals surface area contributed by atoms with Gasteiger partial charge < -0.3 is 0 Å². The summed E-state index contributed by atoms with van der Waals surface area (Å²) < 4.78 is 27.5. The van der Waals surface area contributed by atoms with Crippen molar-refractivity contribution in [2.75, 3.05) is 11.4 Å². The molecule has 0 heterocycles. The number of amides is 1. The number of hydrazone groups is 1. The Hall–Kier alpha value is -2.97. The standard InChI is InChI=1S/C22H20BrN3O3S/c1-16(18-7-6-8-19(23)15-18)24-25-22(27)17-11-13-20(14-12-17)26(2)30(28,29)21-9-4-3-5-10-21/h3-15H,1-2H3,(H,25,27)/b24-16+. The monoisotopic (exact) mass is 485 g/mol. The number of rotatable bonds is 6. The lowest BCUT2D eigenvalue weighted by atomic mass is 10.1. The molecular formula is C22H20BrN3O3S. The minimum Gasteiger partial charge on any atom is -0.269 e. The van der Waals surface area contributed by atoms with Crippen molar-refractivity contribution in [1.82, 2.24) is 5.43 Å². The second kappa shape index (κ2) is 9.23. The Bertz CT molecular complexity index is 1180. The first-order chi connectivity index (χ1) is 14.3. The highest BCUT2D eigenvalue weighted by Gasteiger charge is 2.21. The molecule has 8 heteroatoms. The van der Waals surface area contributed by atoms with Gasteiger partial charge in [-0.3, -0.25) is 9.10 Å². The molecule has 0 bridgehead atoms. The van der Waals surface area contributed by atoms with E-state index in [2.05, 4.69) is 26.5 Å². The maximum absolute atomic E-state index is 12.7. The summed E-state index contributed by atoms with van der Waals surface area (Å²) in [4.78, 5) is 12.6. The van der Waals surface area contributed by atoms with Crippen molar-refractivity contribution in [2.24, 2.45) is 5.10 Å². The zero-order valence-corrected chi connectivity index (χ0v) is 18.8. The largest absolute Gasteiger partial charge is 0.271 e. The lowest BCUT2D eigenvalue weighted by Gasteiger charge is -2.19. The van der Waals surface area contributed by atoms with Gasteiger partial charge in [0.2, 0.25) is 0 Å².